The standard InChI is InChI=1S/C33H38N6O6S/c1-6-44-26-14-21(30-29(32(41)43-5)19(3)36-33(42)37-30)11-12-25(26)45-17-28(40)38-35-16-22-13-18(2)39(20(22)4)31-24(15-34)23-9-7-8-10-27(23)46-31/h11-14,16,28,30,38,40H,6-10,17H2,1-5H3,(H2,36,37,42)/b35-16-/t28-,30-/m0/s1. The minimum Gasteiger partial charge on any atom is -0.490 e. The number of nitrogens with one attached hydrogen (secondary N) is 3. The molecule has 0 saturated heterocycles. The van der Waals surface area contributed by atoms with E-state index in [0.29, 0.717) is 29.4 Å². The normalized spacial score (nSPS) is 16.7. The molecule has 2 aliphatic rings. The van der Waals surface area contributed by atoms with E-state index in [1.165, 1.54) is 17.6 Å². The van der Waals surface area contributed by atoms with Crippen LogP contribution in [-0.4, -0.2) is 54.4 Å². The molecule has 13 heteroatoms. The Balaban J connectivity index is 1.26. The highest BCUT2D eigenvalue weighted by Gasteiger charge is 2.32. The van der Waals surface area contributed by atoms with E-state index in [4.69, 9.17) is 14.2 Å². The molecule has 12 nitrogen and oxygen atoms in total. The summed E-state index contributed by atoms with van der Waals surface area (Å²) in [4.78, 5) is 26.0. The van der Waals surface area contributed by atoms with Crippen molar-refractivity contribution >= 4 is 29.6 Å². The lowest BCUT2D eigenvalue weighted by molar-refractivity contribution is -0.136. The topological polar surface area (TPSA) is 159 Å². The number of aryl methyl sites for hydroxylation is 2. The smallest absolute Gasteiger partial charge is 0.337 e. The van der Waals surface area contributed by atoms with Crippen molar-refractivity contribution in [2.45, 2.75) is 65.6 Å². The zero-order chi connectivity index (χ0) is 33.0. The van der Waals surface area contributed by atoms with E-state index in [0.717, 1.165) is 53.2 Å². The van der Waals surface area contributed by atoms with Crippen molar-refractivity contribution in [2.75, 3.05) is 20.3 Å². The molecule has 46 heavy (non-hydrogen) atoms. The molecule has 0 radical (unpaired) electrons. The summed E-state index contributed by atoms with van der Waals surface area (Å²) in [5.74, 6) is 0.179. The number of ether oxygens (including phenoxy) is 3. The van der Waals surface area contributed by atoms with Gasteiger partial charge in [-0.05, 0) is 82.7 Å². The highest BCUT2D eigenvalue weighted by molar-refractivity contribution is 7.15. The fraction of sp³-hybridized carbons (Fsp3) is 0.394. The SMILES string of the molecule is CCOc1cc([C@@H]2NC(=O)NC(C)=C2C(=O)OC)ccc1OC[C@H](O)N/N=C\c1cc(C)n(-c2sc3c(c2C#N)CCCC3)c1C. The summed E-state index contributed by atoms with van der Waals surface area (Å²) < 4.78 is 18.7. The number of thiophene rings is 1. The number of allylic oxidation sites excluding steroid dienone is 1. The Morgan fingerprint density at radius 2 is 2.02 bits per heavy atom. The third kappa shape index (κ3) is 6.59. The Morgan fingerprint density at radius 1 is 1.24 bits per heavy atom. The first-order valence-corrected chi connectivity index (χ1v) is 15.9. The number of hydrazone groups is 1. The van der Waals surface area contributed by atoms with Crippen LogP contribution in [0.1, 0.15) is 71.2 Å². The van der Waals surface area contributed by atoms with Gasteiger partial charge in [-0.15, -0.1) is 11.3 Å². The van der Waals surface area contributed by atoms with Gasteiger partial charge in [0.25, 0.3) is 0 Å². The summed E-state index contributed by atoms with van der Waals surface area (Å²) in [6.07, 6.45) is 4.75. The molecule has 3 aromatic rings. The number of nitriles is 1. The molecular formula is C33H38N6O6S. The van der Waals surface area contributed by atoms with Crippen LogP contribution < -0.4 is 25.5 Å². The maximum atomic E-state index is 12.5. The molecular weight excluding hydrogens is 608 g/mol. The van der Waals surface area contributed by atoms with Gasteiger partial charge in [-0.1, -0.05) is 6.07 Å². The Bertz CT molecular complexity index is 1750. The maximum Gasteiger partial charge on any atom is 0.337 e. The molecule has 4 N–H and O–H groups in total. The van der Waals surface area contributed by atoms with Gasteiger partial charge in [-0.3, -0.25) is 5.43 Å². The van der Waals surface area contributed by atoms with Gasteiger partial charge in [0.1, 0.15) is 17.7 Å². The number of hydrogen-bond acceptors (Lipinski definition) is 10. The van der Waals surface area contributed by atoms with Crippen molar-refractivity contribution in [3.63, 3.8) is 0 Å². The van der Waals surface area contributed by atoms with E-state index in [-0.39, 0.29) is 12.2 Å². The predicted molar refractivity (Wildman–Crippen MR) is 173 cm³/mol. The van der Waals surface area contributed by atoms with Crippen LogP contribution in [0.15, 0.2) is 40.6 Å². The van der Waals surface area contributed by atoms with E-state index in [9.17, 15) is 20.0 Å². The summed E-state index contributed by atoms with van der Waals surface area (Å²) in [7, 11) is 1.28. The Hall–Kier alpha value is -4.80. The second kappa shape index (κ2) is 14.1. The van der Waals surface area contributed by atoms with Crippen LogP contribution >= 0.6 is 11.3 Å². The Labute approximate surface area is 271 Å². The van der Waals surface area contributed by atoms with Gasteiger partial charge in [0, 0.05) is 27.5 Å². The van der Waals surface area contributed by atoms with Crippen LogP contribution in [0, 0.1) is 25.2 Å². The summed E-state index contributed by atoms with van der Waals surface area (Å²) in [5, 5.41) is 31.1. The Kier molecular flexibility index (Phi) is 9.99. The number of nitrogens with zero attached hydrogens (tertiary/aromatic N) is 3. The molecule has 2 amide bonds. The van der Waals surface area contributed by atoms with Crippen molar-refractivity contribution in [1.82, 2.24) is 20.6 Å². The van der Waals surface area contributed by atoms with Gasteiger partial charge < -0.3 is 34.5 Å². The molecule has 2 atom stereocenters. The van der Waals surface area contributed by atoms with Crippen molar-refractivity contribution in [1.29, 1.82) is 5.26 Å². The van der Waals surface area contributed by atoms with Gasteiger partial charge in [0.2, 0.25) is 0 Å². The highest BCUT2D eigenvalue weighted by atomic mass is 32.1. The third-order valence-corrected chi connectivity index (χ3v) is 9.31. The van der Waals surface area contributed by atoms with Crippen molar-refractivity contribution < 1.29 is 28.9 Å². The van der Waals surface area contributed by atoms with Crippen molar-refractivity contribution in [2.24, 2.45) is 5.10 Å². The second-order valence-corrected chi connectivity index (χ2v) is 12.2. The van der Waals surface area contributed by atoms with Crippen molar-refractivity contribution in [3.05, 3.63) is 74.1 Å². The number of esters is 1. The molecule has 0 spiro atoms. The second-order valence-electron chi connectivity index (χ2n) is 11.1. The van der Waals surface area contributed by atoms with Crippen LogP contribution in [0.3, 0.4) is 0 Å². The number of rotatable bonds is 11. The number of hydrogen-bond donors (Lipinski definition) is 4. The highest BCUT2D eigenvalue weighted by Crippen LogP contribution is 2.38. The minimum absolute atomic E-state index is 0.140. The number of carbonyl (C=O) groups is 2. The number of aliphatic hydroxyl groups is 1. The van der Waals surface area contributed by atoms with Gasteiger partial charge in [-0.2, -0.15) is 10.4 Å². The summed E-state index contributed by atoms with van der Waals surface area (Å²) in [6, 6.07) is 8.30. The lowest BCUT2D eigenvalue weighted by Gasteiger charge is -2.28. The van der Waals surface area contributed by atoms with E-state index in [2.05, 4.69) is 31.8 Å². The fourth-order valence-electron chi connectivity index (χ4n) is 5.87. The first kappa shape index (κ1) is 32.6. The predicted octanol–water partition coefficient (Wildman–Crippen LogP) is 4.43. The fourth-order valence-corrected chi connectivity index (χ4v) is 7.32. The molecule has 242 valence electrons. The number of benzene rings is 1. The number of carbonyl (C=O) groups excluding carboxylic acids is 2. The molecule has 0 bridgehead atoms. The molecule has 2 aromatic heterocycles. The largest absolute Gasteiger partial charge is 0.490 e. The zero-order valence-corrected chi connectivity index (χ0v) is 27.3. The lowest BCUT2D eigenvalue weighted by atomic mass is 9.95. The summed E-state index contributed by atoms with van der Waals surface area (Å²) in [5.41, 5.74) is 8.74. The first-order chi connectivity index (χ1) is 22.2. The molecule has 1 aromatic carbocycles. The first-order valence-electron chi connectivity index (χ1n) is 15.1. The van der Waals surface area contributed by atoms with Crippen LogP contribution in [-0.2, 0) is 22.4 Å². The molecule has 5 rings (SSSR count). The van der Waals surface area contributed by atoms with E-state index in [1.54, 1.807) is 42.7 Å². The van der Waals surface area contributed by atoms with E-state index in [1.807, 2.05) is 26.8 Å². The van der Waals surface area contributed by atoms with Gasteiger partial charge in [0.05, 0.1) is 37.1 Å². The Morgan fingerprint density at radius 3 is 2.76 bits per heavy atom. The molecule has 0 saturated carbocycles. The van der Waals surface area contributed by atoms with E-state index < -0.39 is 24.3 Å². The molecule has 0 unspecified atom stereocenters. The molecule has 1 aliphatic carbocycles. The van der Waals surface area contributed by atoms with Crippen molar-refractivity contribution in [3.8, 4) is 22.6 Å². The number of amides is 2. The molecule has 0 fully saturated rings. The zero-order valence-electron chi connectivity index (χ0n) is 26.5. The summed E-state index contributed by atoms with van der Waals surface area (Å²) >= 11 is 1.70. The maximum absolute atomic E-state index is 12.5. The minimum atomic E-state index is -1.14. The number of aliphatic hydroxyl groups excluding tert-OH is 1. The number of fused-ring (bicyclic) bond motifs is 1. The summed E-state index contributed by atoms with van der Waals surface area (Å²) in [6.45, 7) is 7.65. The van der Waals surface area contributed by atoms with Gasteiger partial charge in [0.15, 0.2) is 17.7 Å². The molecule has 3 heterocycles. The van der Waals surface area contributed by atoms with Crippen LogP contribution in [0.2, 0.25) is 0 Å². The van der Waals surface area contributed by atoms with E-state index >= 15 is 0 Å². The quantitative estimate of drug-likeness (QED) is 0.103. The van der Waals surface area contributed by atoms with Crippen LogP contribution in [0.5, 0.6) is 11.5 Å². The van der Waals surface area contributed by atoms with Crippen LogP contribution in [0.4, 0.5) is 4.79 Å². The van der Waals surface area contributed by atoms with Crippen LogP contribution in [0.25, 0.3) is 5.00 Å². The third-order valence-electron chi connectivity index (χ3n) is 8.04. The molecule has 1 aliphatic heterocycles. The average Bonchev–Trinajstić information content (AvgIpc) is 3.54. The lowest BCUT2D eigenvalue weighted by Crippen LogP contribution is -2.45. The number of urea groups is 1. The van der Waals surface area contributed by atoms with Gasteiger partial charge in [-0.25, -0.2) is 9.59 Å². The monoisotopic (exact) mass is 646 g/mol. The number of methoxy groups -OCH3 is 1. The van der Waals surface area contributed by atoms with Gasteiger partial charge >= 0.3 is 12.0 Å². The number of aromatic nitrogens is 1. The average molecular weight is 647 g/mol.